The number of amides is 1. The largest absolute Gasteiger partial charge is 0.496 e. The van der Waals surface area contributed by atoms with Crippen molar-refractivity contribution >= 4 is 16.7 Å². The highest BCUT2D eigenvalue weighted by molar-refractivity contribution is 5.90. The second kappa shape index (κ2) is 3.99. The van der Waals surface area contributed by atoms with Crippen LogP contribution < -0.4 is 10.5 Å². The highest BCUT2D eigenvalue weighted by Gasteiger charge is 2.46. The maximum absolute atomic E-state index is 11.1. The van der Waals surface area contributed by atoms with Gasteiger partial charge in [0.15, 0.2) is 6.10 Å². The first kappa shape index (κ1) is 11.0. The van der Waals surface area contributed by atoms with E-state index >= 15 is 0 Å². The van der Waals surface area contributed by atoms with Gasteiger partial charge in [0.25, 0.3) is 0 Å². The zero-order valence-electron chi connectivity index (χ0n) is 9.92. The average molecular weight is 243 g/mol. The second-order valence-corrected chi connectivity index (χ2v) is 4.29. The van der Waals surface area contributed by atoms with Gasteiger partial charge < -0.3 is 15.2 Å². The molecule has 0 aliphatic carbocycles. The molecular formula is C14H13NO3. The molecule has 3 rings (SSSR count). The molecule has 1 heterocycles. The molecule has 2 atom stereocenters. The molecule has 0 bridgehead atoms. The Kier molecular flexibility index (Phi) is 2.45. The Bertz CT molecular complexity index is 623. The molecule has 4 heteroatoms. The van der Waals surface area contributed by atoms with E-state index in [1.807, 2.05) is 36.4 Å². The summed E-state index contributed by atoms with van der Waals surface area (Å²) in [6.07, 6.45) is -0.804. The molecule has 2 N–H and O–H groups in total. The number of carbonyl (C=O) groups is 1. The molecule has 0 spiro atoms. The minimum absolute atomic E-state index is 0.276. The molecule has 0 radical (unpaired) electrons. The van der Waals surface area contributed by atoms with Crippen LogP contribution in [-0.2, 0) is 9.53 Å². The first-order valence-corrected chi connectivity index (χ1v) is 5.73. The van der Waals surface area contributed by atoms with Crippen LogP contribution in [0.2, 0.25) is 0 Å². The molecule has 0 aromatic heterocycles. The van der Waals surface area contributed by atoms with Crippen molar-refractivity contribution in [2.24, 2.45) is 5.73 Å². The lowest BCUT2D eigenvalue weighted by Crippen LogP contribution is -2.18. The fourth-order valence-electron chi connectivity index (χ4n) is 2.28. The standard InChI is InChI=1S/C14H13NO3/c1-17-11-9-5-3-2-4-8(9)6-7-10(11)12-13(18-12)14(15)16/h2-7,12-13H,1H3,(H2,15,16). The van der Waals surface area contributed by atoms with Crippen LogP contribution in [0.1, 0.15) is 11.7 Å². The van der Waals surface area contributed by atoms with Gasteiger partial charge in [-0.05, 0) is 5.39 Å². The topological polar surface area (TPSA) is 64.8 Å². The Labute approximate surface area is 104 Å². The summed E-state index contributed by atoms with van der Waals surface area (Å²) in [6, 6.07) is 11.8. The number of benzene rings is 2. The van der Waals surface area contributed by atoms with E-state index in [1.54, 1.807) is 7.11 Å². The van der Waals surface area contributed by atoms with Gasteiger partial charge in [0, 0.05) is 10.9 Å². The predicted molar refractivity (Wildman–Crippen MR) is 67.3 cm³/mol. The molecule has 1 aliphatic rings. The van der Waals surface area contributed by atoms with Crippen LogP contribution in [0.3, 0.4) is 0 Å². The molecule has 0 saturated carbocycles. The van der Waals surface area contributed by atoms with E-state index < -0.39 is 12.0 Å². The summed E-state index contributed by atoms with van der Waals surface area (Å²) in [7, 11) is 1.62. The number of nitrogens with two attached hydrogens (primary N) is 1. The second-order valence-electron chi connectivity index (χ2n) is 4.29. The van der Waals surface area contributed by atoms with Gasteiger partial charge in [-0.25, -0.2) is 0 Å². The van der Waals surface area contributed by atoms with Crippen molar-refractivity contribution in [1.82, 2.24) is 0 Å². The van der Waals surface area contributed by atoms with Gasteiger partial charge >= 0.3 is 0 Å². The molecule has 2 aromatic carbocycles. The van der Waals surface area contributed by atoms with Crippen LogP contribution in [-0.4, -0.2) is 19.1 Å². The lowest BCUT2D eigenvalue weighted by molar-refractivity contribution is -0.119. The summed E-state index contributed by atoms with van der Waals surface area (Å²) in [5.41, 5.74) is 6.10. The SMILES string of the molecule is COc1c(C2OC2C(N)=O)ccc2ccccc12. The molecule has 1 fully saturated rings. The normalized spacial score (nSPS) is 21.8. The Morgan fingerprint density at radius 3 is 2.72 bits per heavy atom. The third-order valence-electron chi connectivity index (χ3n) is 3.19. The molecular weight excluding hydrogens is 230 g/mol. The smallest absolute Gasteiger partial charge is 0.249 e. The Morgan fingerprint density at radius 2 is 2.06 bits per heavy atom. The number of ether oxygens (including phenoxy) is 2. The summed E-state index contributed by atoms with van der Waals surface area (Å²) in [6.45, 7) is 0. The van der Waals surface area contributed by atoms with E-state index in [2.05, 4.69) is 0 Å². The van der Waals surface area contributed by atoms with Gasteiger partial charge in [0.1, 0.15) is 11.9 Å². The maximum Gasteiger partial charge on any atom is 0.249 e. The molecule has 4 nitrogen and oxygen atoms in total. The fraction of sp³-hybridized carbons (Fsp3) is 0.214. The summed E-state index contributed by atoms with van der Waals surface area (Å²) < 4.78 is 10.8. The Morgan fingerprint density at radius 1 is 1.28 bits per heavy atom. The van der Waals surface area contributed by atoms with Crippen LogP contribution in [0.4, 0.5) is 0 Å². The van der Waals surface area contributed by atoms with Crippen molar-refractivity contribution in [1.29, 1.82) is 0 Å². The van der Waals surface area contributed by atoms with E-state index in [4.69, 9.17) is 15.2 Å². The molecule has 1 amide bonds. The van der Waals surface area contributed by atoms with E-state index in [1.165, 1.54) is 0 Å². The third kappa shape index (κ3) is 1.62. The minimum atomic E-state index is -0.528. The van der Waals surface area contributed by atoms with E-state index in [-0.39, 0.29) is 6.10 Å². The molecule has 18 heavy (non-hydrogen) atoms. The monoisotopic (exact) mass is 243 g/mol. The first-order chi connectivity index (χ1) is 8.72. The summed E-state index contributed by atoms with van der Waals surface area (Å²) in [5.74, 6) is 0.317. The zero-order valence-corrected chi connectivity index (χ0v) is 9.92. The fourth-order valence-corrected chi connectivity index (χ4v) is 2.28. The Balaban J connectivity index is 2.11. The molecule has 2 aromatic rings. The molecule has 92 valence electrons. The van der Waals surface area contributed by atoms with Crippen LogP contribution in [0.25, 0.3) is 10.8 Å². The molecule has 1 saturated heterocycles. The number of primary amides is 1. The number of hydrogen-bond donors (Lipinski definition) is 1. The number of epoxide rings is 1. The van der Waals surface area contributed by atoms with Crippen LogP contribution in [0.15, 0.2) is 36.4 Å². The third-order valence-corrected chi connectivity index (χ3v) is 3.19. The van der Waals surface area contributed by atoms with Gasteiger partial charge in [-0.2, -0.15) is 0 Å². The van der Waals surface area contributed by atoms with Crippen molar-refractivity contribution in [2.75, 3.05) is 7.11 Å². The lowest BCUT2D eigenvalue weighted by atomic mass is 10.0. The van der Waals surface area contributed by atoms with Crippen molar-refractivity contribution in [3.63, 3.8) is 0 Å². The quantitative estimate of drug-likeness (QED) is 0.835. The highest BCUT2D eigenvalue weighted by atomic mass is 16.6. The molecule has 2 unspecified atom stereocenters. The Hall–Kier alpha value is -2.07. The van der Waals surface area contributed by atoms with Crippen molar-refractivity contribution < 1.29 is 14.3 Å². The first-order valence-electron chi connectivity index (χ1n) is 5.73. The van der Waals surface area contributed by atoms with E-state index in [0.29, 0.717) is 0 Å². The minimum Gasteiger partial charge on any atom is -0.496 e. The number of methoxy groups -OCH3 is 1. The van der Waals surface area contributed by atoms with Gasteiger partial charge in [-0.15, -0.1) is 0 Å². The number of hydrogen-bond acceptors (Lipinski definition) is 3. The van der Waals surface area contributed by atoms with Crippen LogP contribution in [0.5, 0.6) is 5.75 Å². The van der Waals surface area contributed by atoms with Gasteiger partial charge in [0.05, 0.1) is 7.11 Å². The van der Waals surface area contributed by atoms with Gasteiger partial charge in [-0.3, -0.25) is 4.79 Å². The van der Waals surface area contributed by atoms with E-state index in [0.717, 1.165) is 22.1 Å². The van der Waals surface area contributed by atoms with Crippen molar-refractivity contribution in [3.05, 3.63) is 42.0 Å². The number of rotatable bonds is 3. The maximum atomic E-state index is 11.1. The summed E-state index contributed by atoms with van der Waals surface area (Å²) >= 11 is 0. The van der Waals surface area contributed by atoms with E-state index in [9.17, 15) is 4.79 Å². The average Bonchev–Trinajstić information content (AvgIpc) is 3.17. The molecule has 1 aliphatic heterocycles. The van der Waals surface area contributed by atoms with Gasteiger partial charge in [0.2, 0.25) is 5.91 Å². The van der Waals surface area contributed by atoms with Crippen molar-refractivity contribution in [3.8, 4) is 5.75 Å². The number of carbonyl (C=O) groups excluding carboxylic acids is 1. The van der Waals surface area contributed by atoms with Gasteiger partial charge in [-0.1, -0.05) is 36.4 Å². The number of fused-ring (bicyclic) bond motifs is 1. The van der Waals surface area contributed by atoms with Crippen LogP contribution in [0, 0.1) is 0 Å². The summed E-state index contributed by atoms with van der Waals surface area (Å²) in [4.78, 5) is 11.1. The van der Waals surface area contributed by atoms with Crippen LogP contribution >= 0.6 is 0 Å². The van der Waals surface area contributed by atoms with Crippen molar-refractivity contribution in [2.45, 2.75) is 12.2 Å². The highest BCUT2D eigenvalue weighted by Crippen LogP contribution is 2.45. The lowest BCUT2D eigenvalue weighted by Gasteiger charge is -2.10. The predicted octanol–water partition coefficient (Wildman–Crippen LogP) is 1.77. The summed E-state index contributed by atoms with van der Waals surface area (Å²) in [5, 5.41) is 2.10. The zero-order chi connectivity index (χ0) is 12.7.